The number of rotatable bonds is 2. The summed E-state index contributed by atoms with van der Waals surface area (Å²) in [4.78, 5) is 2.61. The van der Waals surface area contributed by atoms with Crippen molar-refractivity contribution in [3.63, 3.8) is 0 Å². The zero-order valence-corrected chi connectivity index (χ0v) is 7.61. The Balaban J connectivity index is 2.82. The highest BCUT2D eigenvalue weighted by molar-refractivity contribution is 6.35. The molecule has 0 aromatic carbocycles. The Morgan fingerprint density at radius 2 is 2.57 bits per heavy atom. The summed E-state index contributed by atoms with van der Waals surface area (Å²) in [5, 5.41) is 6.63. The molecule has 0 radical (unpaired) electrons. The molecule has 7 heavy (non-hydrogen) atoms. The van der Waals surface area contributed by atoms with Gasteiger partial charge in [-0.05, 0) is 0 Å². The van der Waals surface area contributed by atoms with E-state index in [-0.39, 0.29) is 5.96 Å². The van der Waals surface area contributed by atoms with E-state index in [1.807, 2.05) is 0 Å². The molecular weight excluding hydrogens is 126 g/mol. The van der Waals surface area contributed by atoms with Crippen LogP contribution in [0, 0.1) is 5.41 Å². The lowest BCUT2D eigenvalue weighted by Crippen LogP contribution is -2.34. The fraction of sp³-hybridized carbons (Fsp3) is 0. The molecule has 0 spiro atoms. The first-order valence-electron chi connectivity index (χ1n) is 1.84. The molecule has 4 N–H and O–H groups in total. The highest BCUT2D eigenvalue weighted by Gasteiger charge is 1.80. The molecule has 0 aliphatic carbocycles. The highest BCUT2D eigenvalue weighted by Crippen LogP contribution is 1.48. The van der Waals surface area contributed by atoms with Crippen LogP contribution >= 0.6 is 0 Å². The van der Waals surface area contributed by atoms with E-state index in [0.717, 1.165) is 10.5 Å². The molecule has 0 heterocycles. The second kappa shape index (κ2) is 3.84. The van der Waals surface area contributed by atoms with Crippen molar-refractivity contribution < 1.29 is 4.12 Å². The molecule has 0 fully saturated rings. The summed E-state index contributed by atoms with van der Waals surface area (Å²) in [5.74, 6) is 0.0162. The molecular formula is CH9N3OSi2. The molecule has 4 nitrogen and oxygen atoms in total. The van der Waals surface area contributed by atoms with Crippen LogP contribution in [0.2, 0.25) is 0 Å². The maximum Gasteiger partial charge on any atom is 0.256 e. The third-order valence-electron chi connectivity index (χ3n) is 0.407. The lowest BCUT2D eigenvalue weighted by atomic mass is 11.1. The second-order valence-corrected chi connectivity index (χ2v) is 3.98. The number of hydrogen-bond acceptors (Lipinski definition) is 2. The third kappa shape index (κ3) is 5.66. The van der Waals surface area contributed by atoms with E-state index in [0.29, 0.717) is 0 Å². The van der Waals surface area contributed by atoms with Crippen LogP contribution in [0.25, 0.3) is 0 Å². The molecule has 0 saturated heterocycles. The first-order chi connectivity index (χ1) is 3.27. The topological polar surface area (TPSA) is 71.1 Å². The standard InChI is InChI=1S/CH9N3OSi2/c2-1(3)4-7-5-6/h7H2,6H3,(H4,2,3,4). The molecule has 42 valence electrons. The Bertz CT molecular complexity index is 66.0. The van der Waals surface area contributed by atoms with Crippen molar-refractivity contribution in [2.24, 2.45) is 5.73 Å². The summed E-state index contributed by atoms with van der Waals surface area (Å²) in [6, 6.07) is 0. The minimum atomic E-state index is -0.664. The third-order valence-corrected chi connectivity index (χ3v) is 2.09. The molecule has 0 amide bonds. The Labute approximate surface area is 47.5 Å². The monoisotopic (exact) mass is 135 g/mol. The Hall–Kier alpha value is -0.336. The van der Waals surface area contributed by atoms with Crippen molar-refractivity contribution in [3.05, 3.63) is 0 Å². The van der Waals surface area contributed by atoms with Crippen LogP contribution in [0.5, 0.6) is 0 Å². The van der Waals surface area contributed by atoms with Crippen molar-refractivity contribution in [2.75, 3.05) is 0 Å². The fourth-order valence-corrected chi connectivity index (χ4v) is 0.883. The van der Waals surface area contributed by atoms with Gasteiger partial charge in [-0.3, -0.25) is 5.41 Å². The van der Waals surface area contributed by atoms with Gasteiger partial charge in [-0.25, -0.2) is 0 Å². The normalized spacial score (nSPS) is 10.3. The minimum Gasteiger partial charge on any atom is -0.453 e. The van der Waals surface area contributed by atoms with Gasteiger partial charge < -0.3 is 14.8 Å². The van der Waals surface area contributed by atoms with Crippen LogP contribution in [0.1, 0.15) is 0 Å². The summed E-state index contributed by atoms with van der Waals surface area (Å²) < 4.78 is 4.80. The first-order valence-corrected chi connectivity index (χ1v) is 3.94. The molecule has 0 bridgehead atoms. The predicted octanol–water partition coefficient (Wildman–Crippen LogP) is -3.23. The van der Waals surface area contributed by atoms with Crippen LogP contribution < -0.4 is 10.7 Å². The maximum absolute atomic E-state index is 6.63. The summed E-state index contributed by atoms with van der Waals surface area (Å²) in [6.07, 6.45) is 0. The van der Waals surface area contributed by atoms with E-state index in [2.05, 4.69) is 4.98 Å². The summed E-state index contributed by atoms with van der Waals surface area (Å²) in [5.41, 5.74) is 4.92. The van der Waals surface area contributed by atoms with Gasteiger partial charge in [0.1, 0.15) is 10.5 Å². The summed E-state index contributed by atoms with van der Waals surface area (Å²) >= 11 is 0. The van der Waals surface area contributed by atoms with Crippen LogP contribution in [0.15, 0.2) is 0 Å². The first kappa shape index (κ1) is 6.66. The van der Waals surface area contributed by atoms with Crippen LogP contribution in [0.4, 0.5) is 0 Å². The van der Waals surface area contributed by atoms with Gasteiger partial charge >= 0.3 is 0 Å². The molecule has 0 saturated carbocycles. The lowest BCUT2D eigenvalue weighted by molar-refractivity contribution is 0.655. The van der Waals surface area contributed by atoms with E-state index in [4.69, 9.17) is 15.3 Å². The molecule has 0 aromatic heterocycles. The van der Waals surface area contributed by atoms with Crippen LogP contribution in [-0.4, -0.2) is 26.4 Å². The Morgan fingerprint density at radius 1 is 2.00 bits per heavy atom. The predicted molar refractivity (Wildman–Crippen MR) is 34.6 cm³/mol. The SMILES string of the molecule is N=C(N)N[SiH2]O[SiH3]. The quantitative estimate of drug-likeness (QED) is 0.212. The summed E-state index contributed by atoms with van der Waals surface area (Å²) in [7, 11) is 0.0779. The molecule has 0 atom stereocenters. The van der Waals surface area contributed by atoms with E-state index in [9.17, 15) is 0 Å². The number of nitrogens with two attached hydrogens (primary N) is 1. The van der Waals surface area contributed by atoms with Crippen molar-refractivity contribution in [3.8, 4) is 0 Å². The van der Waals surface area contributed by atoms with E-state index in [1.54, 1.807) is 0 Å². The van der Waals surface area contributed by atoms with Gasteiger partial charge in [-0.15, -0.1) is 0 Å². The van der Waals surface area contributed by atoms with Gasteiger partial charge in [0.25, 0.3) is 9.92 Å². The van der Waals surface area contributed by atoms with Crippen molar-refractivity contribution in [1.82, 2.24) is 4.98 Å². The van der Waals surface area contributed by atoms with Gasteiger partial charge in [0, 0.05) is 0 Å². The summed E-state index contributed by atoms with van der Waals surface area (Å²) in [6.45, 7) is 0. The second-order valence-electron chi connectivity index (χ2n) is 1.02. The zero-order chi connectivity index (χ0) is 5.70. The largest absolute Gasteiger partial charge is 0.453 e. The molecule has 0 unspecified atom stereocenters. The van der Waals surface area contributed by atoms with Crippen LogP contribution in [0.3, 0.4) is 0 Å². The average molecular weight is 135 g/mol. The van der Waals surface area contributed by atoms with E-state index in [1.165, 1.54) is 0 Å². The minimum absolute atomic E-state index is 0.0162. The van der Waals surface area contributed by atoms with Crippen LogP contribution in [-0.2, 0) is 4.12 Å². The zero-order valence-electron chi connectivity index (χ0n) is 4.19. The van der Waals surface area contributed by atoms with Crippen molar-refractivity contribution >= 4 is 26.4 Å². The molecule has 0 aromatic rings. The lowest BCUT2D eigenvalue weighted by Gasteiger charge is -1.97. The number of hydrogen-bond donors (Lipinski definition) is 3. The Morgan fingerprint density at radius 3 is 2.71 bits per heavy atom. The number of nitrogens with one attached hydrogen (secondary N) is 2. The van der Waals surface area contributed by atoms with Gasteiger partial charge in [0.05, 0.1) is 0 Å². The fourth-order valence-electron chi connectivity index (χ4n) is 0.150. The van der Waals surface area contributed by atoms with Gasteiger partial charge in [-0.2, -0.15) is 0 Å². The Kier molecular flexibility index (Phi) is 3.66. The number of guanidine groups is 1. The molecule has 6 heteroatoms. The van der Waals surface area contributed by atoms with Crippen molar-refractivity contribution in [2.45, 2.75) is 0 Å². The van der Waals surface area contributed by atoms with Gasteiger partial charge in [-0.1, -0.05) is 0 Å². The maximum atomic E-state index is 6.63. The van der Waals surface area contributed by atoms with E-state index < -0.39 is 9.92 Å². The van der Waals surface area contributed by atoms with Gasteiger partial charge in [0.2, 0.25) is 0 Å². The van der Waals surface area contributed by atoms with E-state index >= 15 is 0 Å². The highest BCUT2D eigenvalue weighted by atomic mass is 28.3. The molecule has 0 rings (SSSR count). The molecule has 0 aliphatic rings. The van der Waals surface area contributed by atoms with Crippen molar-refractivity contribution in [1.29, 1.82) is 5.41 Å². The molecule has 0 aliphatic heterocycles. The average Bonchev–Trinajstić information content (AvgIpc) is 1.61. The smallest absolute Gasteiger partial charge is 0.256 e. The van der Waals surface area contributed by atoms with Gasteiger partial charge in [0.15, 0.2) is 5.96 Å².